The summed E-state index contributed by atoms with van der Waals surface area (Å²) >= 11 is 1.20. The van der Waals surface area contributed by atoms with Gasteiger partial charge in [0.2, 0.25) is 17.7 Å². The number of nitrogens with zero attached hydrogens (tertiary/aromatic N) is 3. The number of hydrogen-bond donors (Lipinski definition) is 6. The zero-order chi connectivity index (χ0) is 38.1. The summed E-state index contributed by atoms with van der Waals surface area (Å²) in [4.78, 5) is 41.6. The molecule has 1 aliphatic rings. The fraction of sp³-hybridized carbons (Fsp3) is 0.410. The van der Waals surface area contributed by atoms with Gasteiger partial charge < -0.3 is 35.5 Å². The number of hydrogen-bond acceptors (Lipinski definition) is 10. The summed E-state index contributed by atoms with van der Waals surface area (Å²) in [6, 6.07) is 20.3. The number of fused-ring (bicyclic) bond motifs is 1. The second kappa shape index (κ2) is 17.8. The summed E-state index contributed by atoms with van der Waals surface area (Å²) in [5.74, 6) is -0.738. The molecule has 6 N–H and O–H groups in total. The van der Waals surface area contributed by atoms with E-state index in [4.69, 9.17) is 4.74 Å². The number of methoxy groups -OCH3 is 1. The molecule has 0 radical (unpaired) electrons. The number of amides is 3. The topological polar surface area (TPSA) is 180 Å². The molecule has 0 fully saturated rings. The smallest absolute Gasteiger partial charge is 0.243 e. The molecule has 5 rings (SSSR count). The van der Waals surface area contributed by atoms with Gasteiger partial charge in [0.15, 0.2) is 5.16 Å². The molecule has 4 aromatic rings. The quantitative estimate of drug-likeness (QED) is 0.0935. The number of benzene rings is 3. The van der Waals surface area contributed by atoms with Crippen LogP contribution < -0.4 is 26.0 Å². The third kappa shape index (κ3) is 10.4. The van der Waals surface area contributed by atoms with Crippen LogP contribution in [-0.4, -0.2) is 85.9 Å². The van der Waals surface area contributed by atoms with Crippen molar-refractivity contribution in [3.63, 3.8) is 0 Å². The average molecular weight is 744 g/mol. The fourth-order valence-corrected chi connectivity index (χ4v) is 7.06. The molecule has 282 valence electrons. The van der Waals surface area contributed by atoms with Crippen molar-refractivity contribution in [1.29, 1.82) is 0 Å². The van der Waals surface area contributed by atoms with Gasteiger partial charge in [0.1, 0.15) is 24.2 Å². The van der Waals surface area contributed by atoms with E-state index in [1.807, 2.05) is 87.5 Å². The Morgan fingerprint density at radius 2 is 1.66 bits per heavy atom. The summed E-state index contributed by atoms with van der Waals surface area (Å²) in [5.41, 5.74) is 2.69. The Bertz CT molecular complexity index is 1830. The third-order valence-corrected chi connectivity index (χ3v) is 10.3. The Morgan fingerprint density at radius 3 is 2.32 bits per heavy atom. The van der Waals surface area contributed by atoms with E-state index in [1.54, 1.807) is 30.9 Å². The van der Waals surface area contributed by atoms with Gasteiger partial charge in [-0.25, -0.2) is 0 Å². The normalized spacial score (nSPS) is 17.6. The van der Waals surface area contributed by atoms with E-state index in [9.17, 15) is 24.6 Å². The van der Waals surface area contributed by atoms with Gasteiger partial charge in [-0.3, -0.25) is 19.7 Å². The molecule has 0 saturated carbocycles. The number of aryl methyl sites for hydroxylation is 1. The lowest BCUT2D eigenvalue weighted by Crippen LogP contribution is -2.62. The number of aliphatic hydroxyl groups is 2. The summed E-state index contributed by atoms with van der Waals surface area (Å²) in [7, 11) is 3.35. The van der Waals surface area contributed by atoms with E-state index < -0.39 is 53.6 Å². The molecule has 0 aliphatic heterocycles. The molecular weight excluding hydrogens is 695 g/mol. The van der Waals surface area contributed by atoms with Crippen molar-refractivity contribution in [2.45, 2.75) is 81.7 Å². The second-order valence-electron chi connectivity index (χ2n) is 14.3. The predicted octanol–water partition coefficient (Wildman–Crippen LogP) is 2.47. The molecule has 14 heteroatoms. The summed E-state index contributed by atoms with van der Waals surface area (Å²) in [5, 5.41) is 43.6. The maximum absolute atomic E-state index is 14.2. The summed E-state index contributed by atoms with van der Waals surface area (Å²) in [6.07, 6.45) is -0.189. The fourth-order valence-electron chi connectivity index (χ4n) is 6.37. The van der Waals surface area contributed by atoms with Crippen LogP contribution in [-0.2, 0) is 40.8 Å². The molecule has 0 bridgehead atoms. The Labute approximate surface area is 314 Å². The number of ether oxygens (including phenoxy) is 1. The lowest BCUT2D eigenvalue weighted by molar-refractivity contribution is -0.133. The molecule has 1 aromatic heterocycles. The van der Waals surface area contributed by atoms with E-state index in [0.29, 0.717) is 17.3 Å². The molecule has 3 aromatic carbocycles. The third-order valence-electron chi connectivity index (χ3n) is 9.28. The first-order chi connectivity index (χ1) is 25.3. The highest BCUT2D eigenvalue weighted by Gasteiger charge is 2.40. The molecule has 3 amide bonds. The number of aromatic nitrogens is 3. The lowest BCUT2D eigenvalue weighted by Gasteiger charge is -2.35. The van der Waals surface area contributed by atoms with E-state index in [0.717, 1.165) is 22.3 Å². The Kier molecular flexibility index (Phi) is 13.3. The number of carbonyl (C=O) groups excluding carboxylic acids is 3. The minimum atomic E-state index is -1.45. The maximum Gasteiger partial charge on any atom is 0.243 e. The van der Waals surface area contributed by atoms with Crippen LogP contribution in [0, 0.1) is 5.41 Å². The maximum atomic E-state index is 14.2. The molecule has 53 heavy (non-hydrogen) atoms. The Hall–Kier alpha value is -4.76. The van der Waals surface area contributed by atoms with Gasteiger partial charge in [-0.15, -0.1) is 10.2 Å². The van der Waals surface area contributed by atoms with Gasteiger partial charge >= 0.3 is 0 Å². The van der Waals surface area contributed by atoms with Crippen molar-refractivity contribution < 1.29 is 29.3 Å². The van der Waals surface area contributed by atoms with Crippen molar-refractivity contribution >= 4 is 29.5 Å². The first-order valence-corrected chi connectivity index (χ1v) is 18.5. The highest BCUT2D eigenvalue weighted by Crippen LogP contribution is 2.31. The Morgan fingerprint density at radius 1 is 0.962 bits per heavy atom. The second-order valence-corrected chi connectivity index (χ2v) is 15.3. The number of nitrogens with one attached hydrogen (secondary N) is 4. The van der Waals surface area contributed by atoms with Crippen molar-refractivity contribution in [2.75, 3.05) is 12.9 Å². The molecule has 6 atom stereocenters. The minimum absolute atomic E-state index is 0.0101. The van der Waals surface area contributed by atoms with Gasteiger partial charge in [0.25, 0.3) is 0 Å². The van der Waals surface area contributed by atoms with E-state index in [2.05, 4.69) is 31.5 Å². The molecule has 0 saturated heterocycles. The molecule has 13 nitrogen and oxygen atoms in total. The largest absolute Gasteiger partial charge is 0.497 e. The molecule has 1 unspecified atom stereocenters. The highest BCUT2D eigenvalue weighted by molar-refractivity contribution is 7.99. The van der Waals surface area contributed by atoms with Crippen molar-refractivity contribution in [1.82, 2.24) is 36.0 Å². The lowest BCUT2D eigenvalue weighted by atomic mass is 9.85. The summed E-state index contributed by atoms with van der Waals surface area (Å²) < 4.78 is 6.99. The van der Waals surface area contributed by atoms with Crippen molar-refractivity contribution in [2.24, 2.45) is 12.5 Å². The number of rotatable bonds is 16. The number of thioether (sulfide) groups is 1. The van der Waals surface area contributed by atoms with Gasteiger partial charge in [0.05, 0.1) is 37.2 Å². The standard InChI is InChI=1S/C39H49N7O6S/c1-39(2,3)35(43-31(48)22-53-38-45-41-23-46(38)4)37(51)42-29(19-24-11-7-6-8-12-24)34(49)33(40-21-25-15-17-27(52-5)18-16-25)36(50)44-32-28-14-10-9-13-26(28)20-30(32)47/h6-18,23,29-30,32-35,40,47,49H,19-22H2,1-5H3,(H,42,51)(H,43,48)(H,44,50)/t29-,30+,32?,33+,34+,35+/m0/s1. The zero-order valence-corrected chi connectivity index (χ0v) is 31.5. The predicted molar refractivity (Wildman–Crippen MR) is 202 cm³/mol. The average Bonchev–Trinajstić information content (AvgIpc) is 3.70. The Balaban J connectivity index is 1.40. The van der Waals surface area contributed by atoms with Crippen LogP contribution in [0.3, 0.4) is 0 Å². The molecule has 1 heterocycles. The first-order valence-electron chi connectivity index (χ1n) is 17.5. The van der Waals surface area contributed by atoms with Crippen molar-refractivity contribution in [3.05, 3.63) is 107 Å². The van der Waals surface area contributed by atoms with E-state index in [1.165, 1.54) is 18.1 Å². The van der Waals surface area contributed by atoms with Crippen LogP contribution in [0.1, 0.15) is 49.1 Å². The molecule has 1 aliphatic carbocycles. The van der Waals surface area contributed by atoms with Crippen molar-refractivity contribution in [3.8, 4) is 5.75 Å². The summed E-state index contributed by atoms with van der Waals surface area (Å²) in [6.45, 7) is 5.73. The first kappa shape index (κ1) is 39.4. The SMILES string of the molecule is COc1ccc(CN[C@@H](C(=O)NC2c3ccccc3C[C@H]2O)[C@H](O)[C@H](Cc2ccccc2)NC(=O)[C@@H](NC(=O)CSc2nncn2C)C(C)(C)C)cc1. The molecular formula is C39H49N7O6S. The highest BCUT2D eigenvalue weighted by atomic mass is 32.2. The number of aliphatic hydroxyl groups excluding tert-OH is 2. The van der Waals surface area contributed by atoms with Crippen LogP contribution in [0.15, 0.2) is 90.3 Å². The van der Waals surface area contributed by atoms with Crippen LogP contribution in [0.2, 0.25) is 0 Å². The number of carbonyl (C=O) groups is 3. The zero-order valence-electron chi connectivity index (χ0n) is 30.7. The van der Waals surface area contributed by atoms with Gasteiger partial charge in [-0.05, 0) is 46.2 Å². The monoisotopic (exact) mass is 743 g/mol. The minimum Gasteiger partial charge on any atom is -0.497 e. The van der Waals surface area contributed by atoms with E-state index in [-0.39, 0.29) is 24.6 Å². The molecule has 0 spiro atoms. The van der Waals surface area contributed by atoms with Crippen LogP contribution in [0.4, 0.5) is 0 Å². The van der Waals surface area contributed by atoms with Gasteiger partial charge in [0, 0.05) is 20.0 Å². The van der Waals surface area contributed by atoms with Crippen LogP contribution >= 0.6 is 11.8 Å². The van der Waals surface area contributed by atoms with Gasteiger partial charge in [-0.1, -0.05) is 99.3 Å². The van der Waals surface area contributed by atoms with Crippen LogP contribution in [0.5, 0.6) is 5.75 Å². The van der Waals surface area contributed by atoms with Gasteiger partial charge in [-0.2, -0.15) is 0 Å². The van der Waals surface area contributed by atoms with E-state index >= 15 is 0 Å². The van der Waals surface area contributed by atoms with Crippen LogP contribution in [0.25, 0.3) is 0 Å².